The Kier molecular flexibility index (Phi) is 5.88. The summed E-state index contributed by atoms with van der Waals surface area (Å²) in [7, 11) is 0. The van der Waals surface area contributed by atoms with E-state index in [4.69, 9.17) is 0 Å². The number of carbonyl (C=O) groups is 1. The molecule has 0 bridgehead atoms. The Morgan fingerprint density at radius 2 is 1.77 bits per heavy atom. The van der Waals surface area contributed by atoms with Crippen molar-refractivity contribution in [3.8, 4) is 0 Å². The molecule has 30 heavy (non-hydrogen) atoms. The lowest BCUT2D eigenvalue weighted by molar-refractivity contribution is -0.141. The maximum Gasteiger partial charge on any atom is 0.161 e. The molecular formula is C28H44O2. The van der Waals surface area contributed by atoms with Crippen LogP contribution in [0.5, 0.6) is 0 Å². The first-order valence-corrected chi connectivity index (χ1v) is 12.7. The van der Waals surface area contributed by atoms with Crippen LogP contribution in [0.25, 0.3) is 0 Å². The van der Waals surface area contributed by atoms with Crippen LogP contribution < -0.4 is 0 Å². The second-order valence-corrected chi connectivity index (χ2v) is 12.1. The van der Waals surface area contributed by atoms with E-state index >= 15 is 0 Å². The van der Waals surface area contributed by atoms with Crippen molar-refractivity contribution in [1.29, 1.82) is 0 Å². The predicted molar refractivity (Wildman–Crippen MR) is 124 cm³/mol. The highest BCUT2D eigenvalue weighted by molar-refractivity contribution is 5.84. The van der Waals surface area contributed by atoms with Crippen molar-refractivity contribution in [1.82, 2.24) is 0 Å². The minimum absolute atomic E-state index is 0.0779. The van der Waals surface area contributed by atoms with E-state index in [-0.39, 0.29) is 11.2 Å². The van der Waals surface area contributed by atoms with E-state index in [2.05, 4.69) is 53.7 Å². The molecule has 0 amide bonds. The van der Waals surface area contributed by atoms with Gasteiger partial charge in [0, 0.05) is 6.42 Å². The lowest BCUT2D eigenvalue weighted by atomic mass is 9.48. The summed E-state index contributed by atoms with van der Waals surface area (Å²) in [6.45, 7) is 14.3. The molecule has 1 N–H and O–H groups in total. The minimum Gasteiger partial charge on any atom is -0.385 e. The summed E-state index contributed by atoms with van der Waals surface area (Å²) >= 11 is 0. The van der Waals surface area contributed by atoms with Crippen LogP contribution in [0.2, 0.25) is 0 Å². The molecule has 3 saturated carbocycles. The van der Waals surface area contributed by atoms with Gasteiger partial charge in [-0.2, -0.15) is 0 Å². The predicted octanol–water partition coefficient (Wildman–Crippen LogP) is 6.73. The molecule has 1 unspecified atom stereocenters. The maximum atomic E-state index is 12.5. The summed E-state index contributed by atoms with van der Waals surface area (Å²) < 4.78 is 0. The lowest BCUT2D eigenvalue weighted by Gasteiger charge is -2.56. The summed E-state index contributed by atoms with van der Waals surface area (Å²) in [5.74, 6) is 3.90. The fourth-order valence-electron chi connectivity index (χ4n) is 7.92. The van der Waals surface area contributed by atoms with Crippen LogP contribution in [0.15, 0.2) is 23.3 Å². The molecule has 0 spiro atoms. The molecule has 0 heterocycles. The fraction of sp³-hybridized carbons (Fsp3) is 0.821. The number of aliphatic hydroxyl groups excluding tert-OH is 1. The lowest BCUT2D eigenvalue weighted by Crippen LogP contribution is -2.51. The molecule has 8 atom stereocenters. The number of aliphatic hydroxyl groups is 1. The Bertz CT molecular complexity index is 746. The Balaban J connectivity index is 1.59. The zero-order chi connectivity index (χ0) is 21.8. The van der Waals surface area contributed by atoms with E-state index in [0.29, 0.717) is 47.8 Å². The normalized spacial score (nSPS) is 43.5. The molecule has 4 aliphatic carbocycles. The van der Waals surface area contributed by atoms with E-state index < -0.39 is 6.10 Å². The van der Waals surface area contributed by atoms with Crippen molar-refractivity contribution < 1.29 is 9.90 Å². The Hall–Kier alpha value is -0.890. The van der Waals surface area contributed by atoms with E-state index in [1.807, 2.05) is 0 Å². The van der Waals surface area contributed by atoms with Gasteiger partial charge in [0.1, 0.15) is 6.10 Å². The quantitative estimate of drug-likeness (QED) is 0.520. The second kappa shape index (κ2) is 7.91. The monoisotopic (exact) mass is 412 g/mol. The number of fused-ring (bicyclic) bond motifs is 4. The van der Waals surface area contributed by atoms with Gasteiger partial charge in [0.2, 0.25) is 0 Å². The van der Waals surface area contributed by atoms with Crippen LogP contribution in [0, 0.1) is 46.3 Å². The Morgan fingerprint density at radius 1 is 1.03 bits per heavy atom. The van der Waals surface area contributed by atoms with Gasteiger partial charge in [-0.25, -0.2) is 0 Å². The Morgan fingerprint density at radius 3 is 2.47 bits per heavy atom. The molecule has 0 aromatic heterocycles. The average molecular weight is 413 g/mol. The molecule has 4 aliphatic rings. The maximum absolute atomic E-state index is 12.5. The summed E-state index contributed by atoms with van der Waals surface area (Å²) in [5.41, 5.74) is 3.94. The number of Topliss-reactive ketones (excluding diaryl/α,β-unsaturated/α-hetero) is 1. The molecule has 0 aromatic carbocycles. The molecule has 2 heteroatoms. The highest BCUT2D eigenvalue weighted by Gasteiger charge is 2.56. The molecule has 2 nitrogen and oxygen atoms in total. The van der Waals surface area contributed by atoms with Crippen LogP contribution in [0.3, 0.4) is 0 Å². The molecule has 0 aliphatic heterocycles. The van der Waals surface area contributed by atoms with Gasteiger partial charge in [0.25, 0.3) is 0 Å². The molecule has 3 fully saturated rings. The summed E-state index contributed by atoms with van der Waals surface area (Å²) in [6, 6.07) is 0. The van der Waals surface area contributed by atoms with Gasteiger partial charge in [0.05, 0.1) is 0 Å². The number of ketones is 1. The standard InChI is InChI=1S/C28H44O2/c1-17(2)18(3)7-8-19(4)22-11-12-23-21-10-9-20-15-25(29)26(30)16-28(20,6)24(21)13-14-27(22,23)5/h7-8,17-20,22,24-25,29H,9-16H2,1-6H3/t18-,19-,20+,22-,24+,25?,27-,28+/m1/s1. The van der Waals surface area contributed by atoms with E-state index in [1.54, 1.807) is 11.1 Å². The van der Waals surface area contributed by atoms with Crippen LogP contribution in [0.4, 0.5) is 0 Å². The highest BCUT2D eigenvalue weighted by atomic mass is 16.3. The zero-order valence-corrected chi connectivity index (χ0v) is 20.2. The van der Waals surface area contributed by atoms with Crippen molar-refractivity contribution in [2.45, 2.75) is 99.0 Å². The van der Waals surface area contributed by atoms with Crippen LogP contribution >= 0.6 is 0 Å². The third-order valence-corrected chi connectivity index (χ3v) is 10.3. The second-order valence-electron chi connectivity index (χ2n) is 12.1. The van der Waals surface area contributed by atoms with E-state index in [9.17, 15) is 9.90 Å². The first kappa shape index (κ1) is 22.3. The third-order valence-electron chi connectivity index (χ3n) is 10.3. The fourth-order valence-corrected chi connectivity index (χ4v) is 7.92. The first-order valence-electron chi connectivity index (χ1n) is 12.7. The number of rotatable bonds is 4. The molecular weight excluding hydrogens is 368 g/mol. The Labute approximate surface area is 184 Å². The van der Waals surface area contributed by atoms with E-state index in [1.165, 1.54) is 32.1 Å². The van der Waals surface area contributed by atoms with Gasteiger partial charge in [-0.15, -0.1) is 0 Å². The number of allylic oxidation sites excluding steroid dienone is 4. The molecule has 0 saturated heterocycles. The highest BCUT2D eigenvalue weighted by Crippen LogP contribution is 2.65. The van der Waals surface area contributed by atoms with Crippen molar-refractivity contribution in [2.24, 2.45) is 46.3 Å². The van der Waals surface area contributed by atoms with Crippen molar-refractivity contribution in [2.75, 3.05) is 0 Å². The minimum atomic E-state index is -0.706. The van der Waals surface area contributed by atoms with Gasteiger partial charge in [-0.3, -0.25) is 4.79 Å². The van der Waals surface area contributed by atoms with Crippen molar-refractivity contribution in [3.05, 3.63) is 23.3 Å². The smallest absolute Gasteiger partial charge is 0.161 e. The average Bonchev–Trinajstić information content (AvgIpc) is 3.04. The van der Waals surface area contributed by atoms with Crippen LogP contribution in [-0.4, -0.2) is 17.0 Å². The summed E-state index contributed by atoms with van der Waals surface area (Å²) in [4.78, 5) is 12.5. The van der Waals surface area contributed by atoms with Crippen LogP contribution in [-0.2, 0) is 4.79 Å². The number of hydrogen-bond acceptors (Lipinski definition) is 2. The van der Waals surface area contributed by atoms with Gasteiger partial charge >= 0.3 is 0 Å². The summed E-state index contributed by atoms with van der Waals surface area (Å²) in [5, 5.41) is 10.2. The molecule has 168 valence electrons. The van der Waals surface area contributed by atoms with Crippen LogP contribution in [0.1, 0.15) is 92.9 Å². The van der Waals surface area contributed by atoms with Gasteiger partial charge in [-0.05, 0) is 91.3 Å². The molecule has 0 aromatic rings. The van der Waals surface area contributed by atoms with Crippen molar-refractivity contribution in [3.63, 3.8) is 0 Å². The van der Waals surface area contributed by atoms with Gasteiger partial charge in [-0.1, -0.05) is 64.8 Å². The molecule has 0 radical (unpaired) electrons. The number of hydrogen-bond donors (Lipinski definition) is 1. The van der Waals surface area contributed by atoms with Gasteiger partial charge in [0.15, 0.2) is 5.78 Å². The first-order chi connectivity index (χ1) is 14.1. The zero-order valence-electron chi connectivity index (χ0n) is 20.2. The third kappa shape index (κ3) is 3.46. The number of carbonyl (C=O) groups excluding carboxylic acids is 1. The summed E-state index contributed by atoms with van der Waals surface area (Å²) in [6.07, 6.45) is 13.0. The SMILES string of the molecule is CC(C)[C@H](C)C=C[C@@H](C)[C@H]1CCC2=C3CC[C@H]4CC(O)C(=O)C[C@]4(C)[C@H]3CC[C@@]21C. The molecule has 4 rings (SSSR count). The topological polar surface area (TPSA) is 37.3 Å². The van der Waals surface area contributed by atoms with E-state index in [0.717, 1.165) is 12.3 Å². The van der Waals surface area contributed by atoms with Crippen molar-refractivity contribution >= 4 is 5.78 Å². The largest absolute Gasteiger partial charge is 0.385 e. The van der Waals surface area contributed by atoms with Gasteiger partial charge < -0.3 is 5.11 Å².